The van der Waals surface area contributed by atoms with Gasteiger partial charge < -0.3 is 83.8 Å². The molecule has 3 aliphatic heterocycles. The molecule has 4 rings (SSSR count). The molecule has 0 aliphatic carbocycles. The van der Waals surface area contributed by atoms with Crippen molar-refractivity contribution in [1.82, 2.24) is 41.7 Å². The van der Waals surface area contributed by atoms with Crippen LogP contribution in [0.5, 0.6) is 5.75 Å². The Hall–Kier alpha value is -4.60. The summed E-state index contributed by atoms with van der Waals surface area (Å²) in [6.45, 7) is 10.3. The number of aliphatic hydroxyl groups is 7. The van der Waals surface area contributed by atoms with Gasteiger partial charge in [0, 0.05) is 45.1 Å². The van der Waals surface area contributed by atoms with Gasteiger partial charge in [0.2, 0.25) is 35.4 Å². The maximum Gasteiger partial charge on any atom is 0.248 e. The van der Waals surface area contributed by atoms with Crippen LogP contribution in [0, 0.1) is 17.8 Å². The molecule has 18 N–H and O–H groups in total. The van der Waals surface area contributed by atoms with Crippen LogP contribution in [-0.2, 0) is 28.8 Å². The zero-order valence-electron chi connectivity index (χ0n) is 45.8. The average molecular weight is 1090 g/mol. The first-order valence-corrected chi connectivity index (χ1v) is 27.7. The second-order valence-corrected chi connectivity index (χ2v) is 22.0. The van der Waals surface area contributed by atoms with E-state index in [0.717, 1.165) is 49.8 Å². The maximum atomic E-state index is 14.7. The fraction of sp³-hybridized carbons (Fsp3) is 0.774. The molecule has 438 valence electrons. The summed E-state index contributed by atoms with van der Waals surface area (Å²) >= 11 is 0. The predicted molar refractivity (Wildman–Crippen MR) is 284 cm³/mol. The molecule has 3 aliphatic rings. The number of benzene rings is 1. The van der Waals surface area contributed by atoms with Crippen LogP contribution < -0.4 is 43.4 Å². The number of fused-ring (bicyclic) bond motifs is 2. The third-order valence-corrected chi connectivity index (χ3v) is 15.7. The lowest BCUT2D eigenvalue weighted by molar-refractivity contribution is -0.146. The number of aliphatic hydroxyl groups excluding tert-OH is 7. The number of rotatable bonds is 22. The number of phenolic OH excluding ortho intramolecular Hbond substituents is 1. The van der Waals surface area contributed by atoms with E-state index in [9.17, 15) is 69.6 Å². The van der Waals surface area contributed by atoms with Crippen LogP contribution in [0.25, 0.3) is 0 Å². The van der Waals surface area contributed by atoms with Crippen LogP contribution in [0.2, 0.25) is 0 Å². The van der Waals surface area contributed by atoms with Crippen LogP contribution in [0.1, 0.15) is 137 Å². The first-order chi connectivity index (χ1) is 36.4. The first-order valence-electron chi connectivity index (χ1n) is 27.7. The smallest absolute Gasteiger partial charge is 0.248 e. The number of aromatic hydroxyl groups is 1. The SMILES string of the molecule is CCC(C)CC(C)CCCCCCCCC(=O)N[C@H]1C[C@@H](O)[C@@H](NCN)NC(=O)[C@@H]2[C@@H](O)[C@@H](C)CN2C(C)[C@H]([C@H](O)CCN)NC(=O)[C@H]([C@H](O)[C@@H](O)c2ccc(O)cc2)NC(=O)[C@@H]2C[C@@H](O)CN2C(=O)[C@H]([C@@H](C)O)NC1=O. The van der Waals surface area contributed by atoms with Crippen molar-refractivity contribution in [3.05, 3.63) is 29.8 Å². The summed E-state index contributed by atoms with van der Waals surface area (Å²) in [5, 5.41) is 106. The number of phenols is 1. The van der Waals surface area contributed by atoms with Crippen LogP contribution in [-0.4, -0.2) is 197 Å². The molecule has 3 unspecified atom stereocenters. The van der Waals surface area contributed by atoms with Crippen molar-refractivity contribution in [3.63, 3.8) is 0 Å². The van der Waals surface area contributed by atoms with E-state index in [4.69, 9.17) is 11.5 Å². The van der Waals surface area contributed by atoms with Gasteiger partial charge in [-0.05, 0) is 75.1 Å². The molecule has 77 heavy (non-hydrogen) atoms. The Kier molecular flexibility index (Phi) is 26.4. The lowest BCUT2D eigenvalue weighted by Gasteiger charge is -2.40. The Morgan fingerprint density at radius 3 is 2.03 bits per heavy atom. The molecule has 1 aromatic rings. The van der Waals surface area contributed by atoms with Crippen LogP contribution in [0.4, 0.5) is 0 Å². The monoisotopic (exact) mass is 1090 g/mol. The molecule has 3 fully saturated rings. The predicted octanol–water partition coefficient (Wildman–Crippen LogP) is -2.25. The zero-order chi connectivity index (χ0) is 57.3. The van der Waals surface area contributed by atoms with Gasteiger partial charge in [0.15, 0.2) is 0 Å². The normalized spacial score (nSPS) is 30.8. The Balaban J connectivity index is 1.73. The standard InChI is InChI=1S/C53H92N10O14/c1-7-28(2)22-29(3)14-12-10-8-9-11-13-15-40(69)57-36-24-39(68)48(56-27-55)61-52(76)44-45(70)30(4)25-62(44)31(5)41(38(67)20-21-54)58-51(75)43(47(72)46(71)33-16-18-34(65)19-17-33)60-50(74)37-23-35(66)26-63(37)53(77)42(32(6)64)59-49(36)73/h16-19,28-32,35-39,41-48,56,64-68,70-72H,7-15,20-27,54-55H2,1-6H3,(H,57,69)(H,58,75)(H,59,73)(H,60,74)(H,61,76)/t28?,29?,30-,31?,32+,35+,36-,37-,38+,39+,41+,42-,43-,44-,45-,46-,47-,48-/m0/s1. The number of carbonyl (C=O) groups excluding carboxylic acids is 6. The van der Waals surface area contributed by atoms with E-state index in [1.54, 1.807) is 13.8 Å². The van der Waals surface area contributed by atoms with Crippen molar-refractivity contribution in [3.8, 4) is 5.75 Å². The van der Waals surface area contributed by atoms with Gasteiger partial charge >= 0.3 is 0 Å². The molecule has 24 nitrogen and oxygen atoms in total. The van der Waals surface area contributed by atoms with Crippen LogP contribution in [0.3, 0.4) is 0 Å². The maximum absolute atomic E-state index is 14.7. The van der Waals surface area contributed by atoms with Crippen molar-refractivity contribution in [2.75, 3.05) is 26.3 Å². The van der Waals surface area contributed by atoms with Gasteiger partial charge in [-0.25, -0.2) is 0 Å². The van der Waals surface area contributed by atoms with E-state index in [-0.39, 0.29) is 43.9 Å². The van der Waals surface area contributed by atoms with Gasteiger partial charge in [0.1, 0.15) is 54.3 Å². The minimum absolute atomic E-state index is 0.0000116. The summed E-state index contributed by atoms with van der Waals surface area (Å²) in [6.07, 6.45) is -5.41. The minimum Gasteiger partial charge on any atom is -0.508 e. The Bertz CT molecular complexity index is 2040. The van der Waals surface area contributed by atoms with E-state index in [1.807, 2.05) is 0 Å². The highest BCUT2D eigenvalue weighted by molar-refractivity contribution is 5.96. The number of amides is 6. The summed E-state index contributed by atoms with van der Waals surface area (Å²) in [4.78, 5) is 88.6. The fourth-order valence-electron chi connectivity index (χ4n) is 10.9. The van der Waals surface area contributed by atoms with E-state index in [2.05, 4.69) is 52.7 Å². The Morgan fingerprint density at radius 1 is 0.766 bits per heavy atom. The third kappa shape index (κ3) is 18.5. The summed E-state index contributed by atoms with van der Waals surface area (Å²) in [5.41, 5.74) is 11.8. The van der Waals surface area contributed by atoms with Crippen molar-refractivity contribution in [2.45, 2.75) is 216 Å². The quantitative estimate of drug-likeness (QED) is 0.0431. The number of nitrogens with two attached hydrogens (primary N) is 2. The summed E-state index contributed by atoms with van der Waals surface area (Å²) in [5.74, 6) is -5.24. The van der Waals surface area contributed by atoms with E-state index in [0.29, 0.717) is 18.3 Å². The molecule has 1 aromatic carbocycles. The molecule has 3 saturated heterocycles. The van der Waals surface area contributed by atoms with E-state index in [1.165, 1.54) is 42.5 Å². The van der Waals surface area contributed by atoms with Gasteiger partial charge in [0.05, 0.1) is 36.6 Å². The molecular weight excluding hydrogens is 1000 g/mol. The molecule has 18 atom stereocenters. The molecule has 0 bridgehead atoms. The van der Waals surface area contributed by atoms with E-state index < -0.39 is 152 Å². The number of nitrogens with one attached hydrogen (secondary N) is 6. The van der Waals surface area contributed by atoms with Crippen LogP contribution in [0.15, 0.2) is 24.3 Å². The number of hydrogen-bond donors (Lipinski definition) is 16. The lowest BCUT2D eigenvalue weighted by Crippen LogP contribution is -2.65. The van der Waals surface area contributed by atoms with Gasteiger partial charge in [-0.3, -0.25) is 39.0 Å². The second kappa shape index (κ2) is 31.3. The van der Waals surface area contributed by atoms with Crippen LogP contribution >= 0.6 is 0 Å². The molecule has 24 heteroatoms. The third-order valence-electron chi connectivity index (χ3n) is 15.7. The van der Waals surface area contributed by atoms with Crippen molar-refractivity contribution in [1.29, 1.82) is 0 Å². The molecule has 0 aromatic heterocycles. The number of hydrogen-bond acceptors (Lipinski definition) is 18. The van der Waals surface area contributed by atoms with Gasteiger partial charge in [-0.1, -0.05) is 84.8 Å². The van der Waals surface area contributed by atoms with Crippen molar-refractivity contribution in [2.24, 2.45) is 29.2 Å². The fourth-order valence-corrected chi connectivity index (χ4v) is 10.9. The number of unbranched alkanes of at least 4 members (excludes halogenated alkanes) is 5. The van der Waals surface area contributed by atoms with Crippen molar-refractivity contribution < 1.29 is 69.6 Å². The van der Waals surface area contributed by atoms with Gasteiger partial charge in [0.25, 0.3) is 0 Å². The lowest BCUT2D eigenvalue weighted by atomic mass is 9.91. The summed E-state index contributed by atoms with van der Waals surface area (Å²) < 4.78 is 0. The highest BCUT2D eigenvalue weighted by Gasteiger charge is 2.50. The average Bonchev–Trinajstić information content (AvgIpc) is 3.93. The molecule has 6 amide bonds. The Morgan fingerprint density at radius 2 is 1.40 bits per heavy atom. The molecule has 0 spiro atoms. The molecule has 0 radical (unpaired) electrons. The molecule has 0 saturated carbocycles. The van der Waals surface area contributed by atoms with E-state index >= 15 is 0 Å². The van der Waals surface area contributed by atoms with Gasteiger partial charge in [-0.15, -0.1) is 0 Å². The first kappa shape index (κ1) is 64.9. The highest BCUT2D eigenvalue weighted by atomic mass is 16.3. The minimum atomic E-state index is -2.17. The van der Waals surface area contributed by atoms with Gasteiger partial charge in [-0.2, -0.15) is 0 Å². The number of carbonyl (C=O) groups is 6. The molecular formula is C53H92N10O14. The van der Waals surface area contributed by atoms with Crippen molar-refractivity contribution >= 4 is 35.4 Å². The summed E-state index contributed by atoms with van der Waals surface area (Å²) in [7, 11) is 0. The summed E-state index contributed by atoms with van der Waals surface area (Å²) in [6, 6.07) is -6.03. The number of nitrogens with zero attached hydrogens (tertiary/aromatic N) is 2. The largest absolute Gasteiger partial charge is 0.508 e. The topological polar surface area (TPSA) is 395 Å². The molecule has 3 heterocycles. The highest BCUT2D eigenvalue weighted by Crippen LogP contribution is 2.30. The second-order valence-electron chi connectivity index (χ2n) is 22.0. The Labute approximate surface area is 452 Å². The zero-order valence-corrected chi connectivity index (χ0v) is 45.8.